The van der Waals surface area contributed by atoms with Gasteiger partial charge in [0.25, 0.3) is 0 Å². The van der Waals surface area contributed by atoms with E-state index < -0.39 is 10.0 Å². The molecule has 0 aliphatic rings. The van der Waals surface area contributed by atoms with Crippen molar-refractivity contribution in [2.75, 3.05) is 20.7 Å². The van der Waals surface area contributed by atoms with Crippen LogP contribution < -0.4 is 10.1 Å². The smallest absolute Gasteiger partial charge is 0.246 e. The summed E-state index contributed by atoms with van der Waals surface area (Å²) in [6, 6.07) is 5.11. The van der Waals surface area contributed by atoms with E-state index in [-0.39, 0.29) is 35.1 Å². The van der Waals surface area contributed by atoms with Crippen molar-refractivity contribution in [1.82, 2.24) is 9.62 Å². The van der Waals surface area contributed by atoms with Gasteiger partial charge in [-0.05, 0) is 37.0 Å². The Bertz CT molecular complexity index is 671. The molecule has 7 heteroatoms. The average molecular weight is 356 g/mol. The second-order valence-electron chi connectivity index (χ2n) is 6.20. The van der Waals surface area contributed by atoms with Gasteiger partial charge in [-0.15, -0.1) is 0 Å². The number of hydrogen-bond acceptors (Lipinski definition) is 4. The molecule has 0 spiro atoms. The van der Waals surface area contributed by atoms with Gasteiger partial charge in [-0.2, -0.15) is 4.31 Å². The first kappa shape index (κ1) is 20.4. The minimum atomic E-state index is -3.83. The van der Waals surface area contributed by atoms with Crippen molar-refractivity contribution in [3.63, 3.8) is 0 Å². The first-order chi connectivity index (χ1) is 11.1. The van der Waals surface area contributed by atoms with Crippen LogP contribution in [0.25, 0.3) is 0 Å². The zero-order valence-corrected chi connectivity index (χ0v) is 16.1. The molecule has 136 valence electrons. The number of carbonyl (C=O) groups is 1. The van der Waals surface area contributed by atoms with E-state index in [0.29, 0.717) is 0 Å². The summed E-state index contributed by atoms with van der Waals surface area (Å²) in [5.74, 6) is 0.131. The van der Waals surface area contributed by atoms with Gasteiger partial charge in [0.05, 0.1) is 13.7 Å². The number of likely N-dealkylation sites (N-methyl/N-ethyl adjacent to an activating group) is 1. The number of amides is 1. The number of sulfonamides is 1. The molecule has 1 rings (SSSR count). The summed E-state index contributed by atoms with van der Waals surface area (Å²) >= 11 is 0. The second-order valence-corrected chi connectivity index (χ2v) is 8.22. The van der Waals surface area contributed by atoms with Gasteiger partial charge in [0.2, 0.25) is 15.9 Å². The number of methoxy groups -OCH3 is 1. The Morgan fingerprint density at radius 3 is 2.42 bits per heavy atom. The summed E-state index contributed by atoms with van der Waals surface area (Å²) in [6.07, 6.45) is 0.784. The molecule has 24 heavy (non-hydrogen) atoms. The van der Waals surface area contributed by atoms with E-state index in [2.05, 4.69) is 5.32 Å². The van der Waals surface area contributed by atoms with Gasteiger partial charge < -0.3 is 10.1 Å². The highest BCUT2D eigenvalue weighted by atomic mass is 32.2. The van der Waals surface area contributed by atoms with Crippen LogP contribution in [0.1, 0.15) is 45.6 Å². The highest BCUT2D eigenvalue weighted by molar-refractivity contribution is 7.89. The number of hydrogen-bond donors (Lipinski definition) is 1. The fraction of sp³-hybridized carbons (Fsp3) is 0.588. The second kappa shape index (κ2) is 8.48. The van der Waals surface area contributed by atoms with Crippen molar-refractivity contribution in [2.24, 2.45) is 0 Å². The summed E-state index contributed by atoms with van der Waals surface area (Å²) in [5.41, 5.74) is 0.895. The fourth-order valence-electron chi connectivity index (χ4n) is 2.13. The third kappa shape index (κ3) is 4.95. The molecule has 1 amide bonds. The highest BCUT2D eigenvalue weighted by Gasteiger charge is 2.27. The molecular weight excluding hydrogens is 328 g/mol. The summed E-state index contributed by atoms with van der Waals surface area (Å²) in [4.78, 5) is 12.1. The molecule has 0 fully saturated rings. The van der Waals surface area contributed by atoms with Crippen LogP contribution in [0.3, 0.4) is 0 Å². The Morgan fingerprint density at radius 2 is 1.92 bits per heavy atom. The average Bonchev–Trinajstić information content (AvgIpc) is 2.53. The van der Waals surface area contributed by atoms with Crippen molar-refractivity contribution >= 4 is 15.9 Å². The van der Waals surface area contributed by atoms with Crippen LogP contribution in [0.5, 0.6) is 5.75 Å². The number of nitrogens with zero attached hydrogens (tertiary/aromatic N) is 1. The monoisotopic (exact) mass is 356 g/mol. The molecule has 1 atom stereocenters. The zero-order chi connectivity index (χ0) is 18.5. The molecule has 0 aliphatic heterocycles. The number of ether oxygens (including phenoxy) is 1. The molecule has 0 heterocycles. The molecule has 1 N–H and O–H groups in total. The molecule has 0 aliphatic carbocycles. The minimum Gasteiger partial charge on any atom is -0.495 e. The van der Waals surface area contributed by atoms with Gasteiger partial charge in [0.1, 0.15) is 10.6 Å². The molecule has 1 unspecified atom stereocenters. The van der Waals surface area contributed by atoms with Crippen molar-refractivity contribution in [3.05, 3.63) is 23.8 Å². The summed E-state index contributed by atoms with van der Waals surface area (Å²) < 4.78 is 31.9. The normalized spacial score (nSPS) is 13.2. The van der Waals surface area contributed by atoms with E-state index in [9.17, 15) is 13.2 Å². The SMILES string of the molecule is CCC(C)NC(=O)CN(C)S(=O)(=O)c1cc(C(C)C)ccc1OC. The van der Waals surface area contributed by atoms with Crippen LogP contribution >= 0.6 is 0 Å². The lowest BCUT2D eigenvalue weighted by Gasteiger charge is -2.20. The molecule has 0 radical (unpaired) electrons. The predicted octanol–water partition coefficient (Wildman–Crippen LogP) is 2.35. The van der Waals surface area contributed by atoms with E-state index >= 15 is 0 Å². The number of nitrogens with one attached hydrogen (secondary N) is 1. The first-order valence-corrected chi connectivity index (χ1v) is 9.51. The molecule has 0 bridgehead atoms. The largest absolute Gasteiger partial charge is 0.495 e. The fourth-order valence-corrected chi connectivity index (χ4v) is 3.45. The number of benzene rings is 1. The lowest BCUT2D eigenvalue weighted by atomic mass is 10.0. The number of carbonyl (C=O) groups excluding carboxylic acids is 1. The van der Waals surface area contributed by atoms with E-state index in [4.69, 9.17) is 4.74 Å². The minimum absolute atomic E-state index is 0.00686. The third-order valence-electron chi connectivity index (χ3n) is 3.93. The van der Waals surface area contributed by atoms with E-state index in [0.717, 1.165) is 16.3 Å². The van der Waals surface area contributed by atoms with Crippen molar-refractivity contribution in [1.29, 1.82) is 0 Å². The van der Waals surface area contributed by atoms with E-state index in [1.807, 2.05) is 33.8 Å². The predicted molar refractivity (Wildman–Crippen MR) is 94.8 cm³/mol. The van der Waals surface area contributed by atoms with Crippen LogP contribution in [0, 0.1) is 0 Å². The van der Waals surface area contributed by atoms with Crippen LogP contribution in [-0.4, -0.2) is 45.4 Å². The maximum absolute atomic E-state index is 12.8. The number of rotatable bonds is 8. The topological polar surface area (TPSA) is 75.7 Å². The Labute approximate surface area is 145 Å². The van der Waals surface area contributed by atoms with Gasteiger partial charge in [-0.3, -0.25) is 4.79 Å². The molecule has 0 saturated carbocycles. The van der Waals surface area contributed by atoms with Crippen LogP contribution in [0.4, 0.5) is 0 Å². The van der Waals surface area contributed by atoms with Gasteiger partial charge in [0.15, 0.2) is 0 Å². The van der Waals surface area contributed by atoms with Gasteiger partial charge in [-0.25, -0.2) is 8.42 Å². The van der Waals surface area contributed by atoms with E-state index in [1.54, 1.807) is 12.1 Å². The Balaban J connectivity index is 3.10. The lowest BCUT2D eigenvalue weighted by Crippen LogP contribution is -2.41. The lowest BCUT2D eigenvalue weighted by molar-refractivity contribution is -0.121. The summed E-state index contributed by atoms with van der Waals surface area (Å²) in [7, 11) is -1.00. The standard InChI is InChI=1S/C17H28N2O4S/c1-7-13(4)18-17(20)11-19(5)24(21,22)16-10-14(12(2)3)8-9-15(16)23-6/h8-10,12-13H,7,11H2,1-6H3,(H,18,20). The molecular formula is C17H28N2O4S. The molecule has 6 nitrogen and oxygen atoms in total. The van der Waals surface area contributed by atoms with Crippen molar-refractivity contribution in [2.45, 2.75) is 51.0 Å². The van der Waals surface area contributed by atoms with Gasteiger partial charge in [-0.1, -0.05) is 26.8 Å². The summed E-state index contributed by atoms with van der Waals surface area (Å²) in [5, 5.41) is 2.77. The zero-order valence-electron chi connectivity index (χ0n) is 15.3. The summed E-state index contributed by atoms with van der Waals surface area (Å²) in [6.45, 7) is 7.57. The Morgan fingerprint density at radius 1 is 1.29 bits per heavy atom. The maximum Gasteiger partial charge on any atom is 0.246 e. The third-order valence-corrected chi connectivity index (χ3v) is 5.75. The Hall–Kier alpha value is -1.60. The highest BCUT2D eigenvalue weighted by Crippen LogP contribution is 2.29. The molecule has 0 aromatic heterocycles. The maximum atomic E-state index is 12.8. The molecule has 0 saturated heterocycles. The first-order valence-electron chi connectivity index (χ1n) is 8.07. The quantitative estimate of drug-likeness (QED) is 0.776. The van der Waals surface area contributed by atoms with Gasteiger partial charge in [0, 0.05) is 13.1 Å². The van der Waals surface area contributed by atoms with Gasteiger partial charge >= 0.3 is 0 Å². The van der Waals surface area contributed by atoms with Crippen molar-refractivity contribution in [3.8, 4) is 5.75 Å². The molecule has 1 aromatic carbocycles. The van der Waals surface area contributed by atoms with Crippen LogP contribution in [0.15, 0.2) is 23.1 Å². The van der Waals surface area contributed by atoms with Crippen LogP contribution in [0.2, 0.25) is 0 Å². The molecule has 1 aromatic rings. The van der Waals surface area contributed by atoms with Crippen LogP contribution in [-0.2, 0) is 14.8 Å². The van der Waals surface area contributed by atoms with E-state index in [1.165, 1.54) is 14.2 Å². The Kier molecular flexibility index (Phi) is 7.23. The van der Waals surface area contributed by atoms with Crippen molar-refractivity contribution < 1.29 is 17.9 Å².